The van der Waals surface area contributed by atoms with Crippen LogP contribution < -0.4 is 0 Å². The van der Waals surface area contributed by atoms with Gasteiger partial charge >= 0.3 is 0 Å². The Hall–Kier alpha value is -1.06. The second-order valence-corrected chi connectivity index (χ2v) is 6.88. The number of thiophene rings is 1. The topological polar surface area (TPSA) is 20.3 Å². The van der Waals surface area contributed by atoms with Gasteiger partial charge in [0.1, 0.15) is 4.88 Å². The normalized spacial score (nSPS) is 16.5. The molecule has 2 nitrogen and oxygen atoms in total. The molecule has 1 fully saturated rings. The standard InChI is InChI=1S/C16H18ClNOS/c1-18(11-7-3-2-4-8-11)16(19)15-14(17)12-9-5-6-10-13(12)20-15/h5-6,9-11H,2-4,7-8H2,1H3. The lowest BCUT2D eigenvalue weighted by molar-refractivity contribution is 0.0701. The van der Waals surface area contributed by atoms with E-state index < -0.39 is 0 Å². The Labute approximate surface area is 128 Å². The predicted octanol–water partition coefficient (Wildman–Crippen LogP) is 4.96. The molecule has 1 aliphatic rings. The van der Waals surface area contributed by atoms with E-state index in [1.807, 2.05) is 36.2 Å². The first-order chi connectivity index (χ1) is 9.68. The Kier molecular flexibility index (Phi) is 3.99. The number of nitrogens with zero attached hydrogens (tertiary/aromatic N) is 1. The maximum absolute atomic E-state index is 12.7. The van der Waals surface area contributed by atoms with E-state index in [4.69, 9.17) is 11.6 Å². The molecule has 0 N–H and O–H groups in total. The Morgan fingerprint density at radius 3 is 2.65 bits per heavy atom. The molecule has 0 saturated heterocycles. The van der Waals surface area contributed by atoms with Crippen molar-refractivity contribution in [2.24, 2.45) is 0 Å². The van der Waals surface area contributed by atoms with Crippen LogP contribution in [0.2, 0.25) is 5.02 Å². The van der Waals surface area contributed by atoms with Crippen molar-refractivity contribution in [1.29, 1.82) is 0 Å². The lowest BCUT2D eigenvalue weighted by atomic mass is 9.94. The first-order valence-corrected chi connectivity index (χ1v) is 8.32. The lowest BCUT2D eigenvalue weighted by Gasteiger charge is -2.31. The van der Waals surface area contributed by atoms with Crippen molar-refractivity contribution in [2.45, 2.75) is 38.1 Å². The average molecular weight is 308 g/mol. The molecule has 1 aliphatic carbocycles. The number of fused-ring (bicyclic) bond motifs is 1. The van der Waals surface area contributed by atoms with Crippen LogP contribution >= 0.6 is 22.9 Å². The number of carbonyl (C=O) groups excluding carboxylic acids is 1. The Morgan fingerprint density at radius 2 is 1.95 bits per heavy atom. The third-order valence-electron chi connectivity index (χ3n) is 4.17. The number of rotatable bonds is 2. The zero-order valence-electron chi connectivity index (χ0n) is 11.6. The van der Waals surface area contributed by atoms with E-state index in [-0.39, 0.29) is 5.91 Å². The number of hydrogen-bond acceptors (Lipinski definition) is 2. The van der Waals surface area contributed by atoms with Crippen LogP contribution in [0.1, 0.15) is 41.8 Å². The molecule has 0 spiro atoms. The molecule has 0 radical (unpaired) electrons. The van der Waals surface area contributed by atoms with Crippen LogP contribution in [0.15, 0.2) is 24.3 Å². The molecule has 2 aromatic rings. The van der Waals surface area contributed by atoms with Gasteiger partial charge in [0, 0.05) is 23.2 Å². The molecule has 0 bridgehead atoms. The molecule has 1 aromatic heterocycles. The molecule has 1 saturated carbocycles. The van der Waals surface area contributed by atoms with Gasteiger partial charge in [0.05, 0.1) is 5.02 Å². The van der Waals surface area contributed by atoms with Gasteiger partial charge in [-0.15, -0.1) is 11.3 Å². The second-order valence-electron chi connectivity index (χ2n) is 5.45. The highest BCUT2D eigenvalue weighted by atomic mass is 35.5. The zero-order valence-corrected chi connectivity index (χ0v) is 13.1. The molecule has 1 aromatic carbocycles. The van der Waals surface area contributed by atoms with Gasteiger partial charge in [-0.1, -0.05) is 49.1 Å². The monoisotopic (exact) mass is 307 g/mol. The molecule has 4 heteroatoms. The Balaban J connectivity index is 1.89. The van der Waals surface area contributed by atoms with E-state index in [0.717, 1.165) is 22.9 Å². The Morgan fingerprint density at radius 1 is 1.25 bits per heavy atom. The molecule has 106 valence electrons. The zero-order chi connectivity index (χ0) is 14.1. The van der Waals surface area contributed by atoms with Crippen molar-refractivity contribution in [3.8, 4) is 0 Å². The van der Waals surface area contributed by atoms with Gasteiger partial charge in [0.25, 0.3) is 5.91 Å². The number of benzene rings is 1. The summed E-state index contributed by atoms with van der Waals surface area (Å²) < 4.78 is 1.08. The summed E-state index contributed by atoms with van der Waals surface area (Å²) in [6.45, 7) is 0. The van der Waals surface area contributed by atoms with Gasteiger partial charge in [-0.05, 0) is 18.9 Å². The van der Waals surface area contributed by atoms with Crippen molar-refractivity contribution in [2.75, 3.05) is 7.05 Å². The van der Waals surface area contributed by atoms with Gasteiger partial charge in [0.15, 0.2) is 0 Å². The molecule has 0 atom stereocenters. The summed E-state index contributed by atoms with van der Waals surface area (Å²) >= 11 is 7.90. The number of carbonyl (C=O) groups is 1. The minimum atomic E-state index is 0.0723. The Bertz CT molecular complexity index is 630. The van der Waals surface area contributed by atoms with Gasteiger partial charge in [-0.2, -0.15) is 0 Å². The molecule has 0 unspecified atom stereocenters. The van der Waals surface area contributed by atoms with Gasteiger partial charge in [0.2, 0.25) is 0 Å². The summed E-state index contributed by atoms with van der Waals surface area (Å²) in [4.78, 5) is 15.3. The molecule has 3 rings (SSSR count). The van der Waals surface area contributed by atoms with Crippen LogP contribution in [0.25, 0.3) is 10.1 Å². The second kappa shape index (κ2) is 5.74. The van der Waals surface area contributed by atoms with E-state index in [1.165, 1.54) is 30.6 Å². The third kappa shape index (κ3) is 2.45. The maximum atomic E-state index is 12.7. The van der Waals surface area contributed by atoms with E-state index in [1.54, 1.807) is 0 Å². The summed E-state index contributed by atoms with van der Waals surface area (Å²) in [5, 5.41) is 1.60. The molecule has 20 heavy (non-hydrogen) atoms. The molecule has 1 amide bonds. The van der Waals surface area contributed by atoms with E-state index in [9.17, 15) is 4.79 Å². The fraction of sp³-hybridized carbons (Fsp3) is 0.438. The lowest BCUT2D eigenvalue weighted by Crippen LogP contribution is -2.38. The number of hydrogen-bond donors (Lipinski definition) is 0. The largest absolute Gasteiger partial charge is 0.338 e. The first-order valence-electron chi connectivity index (χ1n) is 7.12. The smallest absolute Gasteiger partial charge is 0.265 e. The highest BCUT2D eigenvalue weighted by Gasteiger charge is 2.26. The van der Waals surface area contributed by atoms with Crippen molar-refractivity contribution in [1.82, 2.24) is 4.90 Å². The van der Waals surface area contributed by atoms with E-state index in [2.05, 4.69) is 0 Å². The summed E-state index contributed by atoms with van der Waals surface area (Å²) in [5.74, 6) is 0.0723. The van der Waals surface area contributed by atoms with Crippen LogP contribution in [-0.4, -0.2) is 23.9 Å². The van der Waals surface area contributed by atoms with Crippen molar-refractivity contribution in [3.63, 3.8) is 0 Å². The van der Waals surface area contributed by atoms with Crippen molar-refractivity contribution >= 4 is 38.9 Å². The van der Waals surface area contributed by atoms with E-state index in [0.29, 0.717) is 15.9 Å². The fourth-order valence-corrected chi connectivity index (χ4v) is 4.44. The van der Waals surface area contributed by atoms with Crippen LogP contribution in [0.5, 0.6) is 0 Å². The molecular weight excluding hydrogens is 290 g/mol. The number of halogens is 1. The van der Waals surface area contributed by atoms with E-state index >= 15 is 0 Å². The quantitative estimate of drug-likeness (QED) is 0.768. The minimum absolute atomic E-state index is 0.0723. The maximum Gasteiger partial charge on any atom is 0.265 e. The van der Waals surface area contributed by atoms with Crippen molar-refractivity contribution < 1.29 is 4.79 Å². The molecular formula is C16H18ClNOS. The highest BCUT2D eigenvalue weighted by molar-refractivity contribution is 7.21. The van der Waals surface area contributed by atoms with Crippen molar-refractivity contribution in [3.05, 3.63) is 34.2 Å². The predicted molar refractivity (Wildman–Crippen MR) is 85.8 cm³/mol. The van der Waals surface area contributed by atoms with Crippen LogP contribution in [0, 0.1) is 0 Å². The molecule has 0 aliphatic heterocycles. The fourth-order valence-electron chi connectivity index (χ4n) is 2.95. The summed E-state index contributed by atoms with van der Waals surface area (Å²) in [6.07, 6.45) is 5.97. The third-order valence-corrected chi connectivity index (χ3v) is 5.84. The first kappa shape index (κ1) is 13.9. The van der Waals surface area contributed by atoms with Crippen LogP contribution in [0.3, 0.4) is 0 Å². The van der Waals surface area contributed by atoms with Gasteiger partial charge in [-0.3, -0.25) is 4.79 Å². The van der Waals surface area contributed by atoms with Gasteiger partial charge in [-0.25, -0.2) is 0 Å². The van der Waals surface area contributed by atoms with Crippen LogP contribution in [-0.2, 0) is 0 Å². The summed E-state index contributed by atoms with van der Waals surface area (Å²) in [6, 6.07) is 8.31. The summed E-state index contributed by atoms with van der Waals surface area (Å²) in [5.41, 5.74) is 0. The van der Waals surface area contributed by atoms with Gasteiger partial charge < -0.3 is 4.90 Å². The average Bonchev–Trinajstić information content (AvgIpc) is 2.84. The minimum Gasteiger partial charge on any atom is -0.338 e. The highest BCUT2D eigenvalue weighted by Crippen LogP contribution is 2.36. The van der Waals surface area contributed by atoms with Crippen LogP contribution in [0.4, 0.5) is 0 Å². The summed E-state index contributed by atoms with van der Waals surface area (Å²) in [7, 11) is 1.92. The molecule has 1 heterocycles. The number of amides is 1. The SMILES string of the molecule is CN(C(=O)c1sc2ccccc2c1Cl)C1CCCCC1.